The lowest BCUT2D eigenvalue weighted by Crippen LogP contribution is -2.54. The van der Waals surface area contributed by atoms with Crippen molar-refractivity contribution in [2.75, 3.05) is 32.8 Å². The van der Waals surface area contributed by atoms with Crippen molar-refractivity contribution in [2.45, 2.75) is 69.9 Å². The monoisotopic (exact) mass is 546 g/mol. The summed E-state index contributed by atoms with van der Waals surface area (Å²) in [6.07, 6.45) is -1.66. The Balaban J connectivity index is 1.19. The first-order chi connectivity index (χ1) is 18.9. The lowest BCUT2D eigenvalue weighted by Gasteiger charge is -2.36. The van der Waals surface area contributed by atoms with Crippen LogP contribution >= 0.6 is 0 Å². The molecule has 10 heteroatoms. The number of aliphatic hydroxyl groups is 3. The molecule has 0 aliphatic carbocycles. The minimum atomic E-state index is -1.22. The van der Waals surface area contributed by atoms with E-state index >= 15 is 0 Å². The Hall–Kier alpha value is -2.73. The fraction of sp³-hybridized carbons (Fsp3) is 0.552. The van der Waals surface area contributed by atoms with E-state index in [1.807, 2.05) is 54.6 Å². The maximum absolute atomic E-state index is 11.8. The van der Waals surface area contributed by atoms with E-state index in [2.05, 4.69) is 10.6 Å². The van der Waals surface area contributed by atoms with E-state index in [1.54, 1.807) is 6.92 Å². The molecule has 0 bridgehead atoms. The number of amides is 1. The highest BCUT2D eigenvalue weighted by Crippen LogP contribution is 2.18. The number of nitrogens with one attached hydrogen (secondary N) is 2. The second kappa shape index (κ2) is 17.1. The maximum Gasteiger partial charge on any atom is 0.407 e. The molecule has 0 aromatic heterocycles. The minimum Gasteiger partial charge on any atom is -0.494 e. The van der Waals surface area contributed by atoms with Crippen LogP contribution in [-0.2, 0) is 27.2 Å². The number of aryl methyl sites for hydroxylation is 1. The topological polar surface area (TPSA) is 139 Å². The van der Waals surface area contributed by atoms with Crippen LogP contribution in [0.4, 0.5) is 4.79 Å². The van der Waals surface area contributed by atoms with Crippen LogP contribution < -0.4 is 15.4 Å². The van der Waals surface area contributed by atoms with Crippen LogP contribution in [0.25, 0.3) is 0 Å². The number of carbonyl (C=O) groups excluding carboxylic acids is 1. The molecule has 1 aliphatic heterocycles. The molecule has 1 amide bonds. The molecule has 1 saturated heterocycles. The van der Waals surface area contributed by atoms with Crippen LogP contribution in [0.15, 0.2) is 54.6 Å². The van der Waals surface area contributed by atoms with Gasteiger partial charge >= 0.3 is 6.09 Å². The van der Waals surface area contributed by atoms with Crippen LogP contribution in [-0.4, -0.2) is 85.0 Å². The van der Waals surface area contributed by atoms with Gasteiger partial charge in [0.15, 0.2) is 6.29 Å². The molecule has 3 rings (SSSR count). The van der Waals surface area contributed by atoms with Crippen molar-refractivity contribution < 1.29 is 39.1 Å². The largest absolute Gasteiger partial charge is 0.494 e. The lowest BCUT2D eigenvalue weighted by atomic mass is 10.0. The SMILES string of the molecule is CC1OC[C@@H](O)[C@H]([C@H](O)[C@@H](O)CNCCCOc2ccc(CCCCNC(=O)OCc3ccccc3)cc2)O1. The Labute approximate surface area is 230 Å². The summed E-state index contributed by atoms with van der Waals surface area (Å²) in [4.78, 5) is 11.8. The van der Waals surface area contributed by atoms with Gasteiger partial charge < -0.3 is 44.9 Å². The Morgan fingerprint density at radius 1 is 1.03 bits per heavy atom. The minimum absolute atomic E-state index is 0.0623. The number of rotatable bonds is 16. The molecule has 2 aromatic carbocycles. The molecular weight excluding hydrogens is 504 g/mol. The van der Waals surface area contributed by atoms with Crippen molar-refractivity contribution in [3.8, 4) is 5.75 Å². The van der Waals surface area contributed by atoms with Crippen LogP contribution in [0, 0.1) is 0 Å². The van der Waals surface area contributed by atoms with Crippen molar-refractivity contribution in [2.24, 2.45) is 0 Å². The van der Waals surface area contributed by atoms with Crippen LogP contribution in [0.2, 0.25) is 0 Å². The Morgan fingerprint density at radius 2 is 1.79 bits per heavy atom. The second-order valence-corrected chi connectivity index (χ2v) is 9.62. The number of alkyl carbamates (subject to hydrolysis) is 1. The molecule has 0 saturated carbocycles. The highest BCUT2D eigenvalue weighted by atomic mass is 16.7. The van der Waals surface area contributed by atoms with Gasteiger partial charge in [-0.2, -0.15) is 0 Å². The number of ether oxygens (including phenoxy) is 4. The van der Waals surface area contributed by atoms with E-state index in [0.29, 0.717) is 19.7 Å². The van der Waals surface area contributed by atoms with Gasteiger partial charge in [-0.25, -0.2) is 4.79 Å². The van der Waals surface area contributed by atoms with Crippen molar-refractivity contribution in [3.05, 3.63) is 65.7 Å². The van der Waals surface area contributed by atoms with Gasteiger partial charge in [0.2, 0.25) is 0 Å². The number of benzene rings is 2. The summed E-state index contributed by atoms with van der Waals surface area (Å²) in [7, 11) is 0. The maximum atomic E-state index is 11.8. The lowest BCUT2D eigenvalue weighted by molar-refractivity contribution is -0.271. The third-order valence-corrected chi connectivity index (χ3v) is 6.38. The first kappa shape index (κ1) is 30.8. The molecule has 2 aromatic rings. The van der Waals surface area contributed by atoms with Crippen LogP contribution in [0.5, 0.6) is 5.75 Å². The molecule has 39 heavy (non-hydrogen) atoms. The van der Waals surface area contributed by atoms with E-state index in [1.165, 1.54) is 5.56 Å². The molecule has 1 fully saturated rings. The molecule has 5 N–H and O–H groups in total. The highest BCUT2D eigenvalue weighted by Gasteiger charge is 2.37. The average Bonchev–Trinajstić information content (AvgIpc) is 2.95. The van der Waals surface area contributed by atoms with E-state index in [0.717, 1.165) is 37.0 Å². The van der Waals surface area contributed by atoms with Crippen molar-refractivity contribution in [1.29, 1.82) is 0 Å². The first-order valence-corrected chi connectivity index (χ1v) is 13.6. The first-order valence-electron chi connectivity index (χ1n) is 13.6. The van der Waals surface area contributed by atoms with Gasteiger partial charge in [0.1, 0.15) is 30.7 Å². The molecule has 0 radical (unpaired) electrons. The number of hydrogen-bond acceptors (Lipinski definition) is 9. The van der Waals surface area contributed by atoms with E-state index in [9.17, 15) is 20.1 Å². The third-order valence-electron chi connectivity index (χ3n) is 6.38. The van der Waals surface area contributed by atoms with Gasteiger partial charge in [0, 0.05) is 13.1 Å². The predicted molar refractivity (Wildman–Crippen MR) is 145 cm³/mol. The van der Waals surface area contributed by atoms with Gasteiger partial charge in [0.05, 0.1) is 19.3 Å². The third kappa shape index (κ3) is 11.5. The molecule has 216 valence electrons. The summed E-state index contributed by atoms with van der Waals surface area (Å²) in [5.74, 6) is 0.789. The van der Waals surface area contributed by atoms with Gasteiger partial charge in [0.25, 0.3) is 0 Å². The zero-order valence-electron chi connectivity index (χ0n) is 22.5. The van der Waals surface area contributed by atoms with Gasteiger partial charge in [-0.05, 0) is 62.4 Å². The molecule has 0 spiro atoms. The number of aliphatic hydroxyl groups excluding tert-OH is 3. The van der Waals surface area contributed by atoms with Crippen LogP contribution in [0.1, 0.15) is 37.3 Å². The van der Waals surface area contributed by atoms with E-state index < -0.39 is 36.8 Å². The highest BCUT2D eigenvalue weighted by molar-refractivity contribution is 5.67. The Bertz CT molecular complexity index is 946. The number of hydrogen-bond donors (Lipinski definition) is 5. The number of carbonyl (C=O) groups is 1. The zero-order valence-corrected chi connectivity index (χ0v) is 22.5. The number of unbranched alkanes of at least 4 members (excludes halogenated alkanes) is 1. The normalized spacial score (nSPS) is 20.7. The summed E-state index contributed by atoms with van der Waals surface area (Å²) >= 11 is 0. The molecule has 1 unspecified atom stereocenters. The van der Waals surface area contributed by atoms with E-state index in [4.69, 9.17) is 18.9 Å². The van der Waals surface area contributed by atoms with Crippen molar-refractivity contribution in [1.82, 2.24) is 10.6 Å². The fourth-order valence-electron chi connectivity index (χ4n) is 4.14. The van der Waals surface area contributed by atoms with Crippen molar-refractivity contribution >= 4 is 6.09 Å². The van der Waals surface area contributed by atoms with Gasteiger partial charge in [-0.1, -0.05) is 42.5 Å². The Morgan fingerprint density at radius 3 is 2.56 bits per heavy atom. The molecule has 1 heterocycles. The molecular formula is C29H42N2O8. The summed E-state index contributed by atoms with van der Waals surface area (Å²) in [5.41, 5.74) is 2.16. The summed E-state index contributed by atoms with van der Waals surface area (Å²) in [6, 6.07) is 17.6. The van der Waals surface area contributed by atoms with E-state index in [-0.39, 0.29) is 19.8 Å². The average molecular weight is 547 g/mol. The van der Waals surface area contributed by atoms with Crippen LogP contribution in [0.3, 0.4) is 0 Å². The van der Waals surface area contributed by atoms with Crippen molar-refractivity contribution in [3.63, 3.8) is 0 Å². The predicted octanol–water partition coefficient (Wildman–Crippen LogP) is 2.14. The second-order valence-electron chi connectivity index (χ2n) is 9.62. The Kier molecular flexibility index (Phi) is 13.5. The molecule has 5 atom stereocenters. The fourth-order valence-corrected chi connectivity index (χ4v) is 4.14. The molecule has 10 nitrogen and oxygen atoms in total. The smallest absolute Gasteiger partial charge is 0.407 e. The summed E-state index contributed by atoms with van der Waals surface area (Å²) in [5, 5.41) is 36.3. The quantitative estimate of drug-likeness (QED) is 0.200. The summed E-state index contributed by atoms with van der Waals surface area (Å²) < 4.78 is 21.5. The standard InChI is InChI=1S/C29H42N2O8/c1-21-37-20-26(33)28(39-21)27(34)25(32)18-30-15-7-17-36-24-13-11-22(12-14-24)8-5-6-16-31-29(35)38-19-23-9-3-2-4-10-23/h2-4,9-14,21,25-28,30,32-34H,5-8,15-20H2,1H3,(H,31,35)/t21?,25-,26+,27+,28+/m0/s1. The zero-order chi connectivity index (χ0) is 27.9. The molecule has 1 aliphatic rings. The van der Waals surface area contributed by atoms with Gasteiger partial charge in [-0.3, -0.25) is 0 Å². The van der Waals surface area contributed by atoms with Gasteiger partial charge in [-0.15, -0.1) is 0 Å². The summed E-state index contributed by atoms with van der Waals surface area (Å²) in [6.45, 7) is 3.86.